The average molecular weight is 247 g/mol. The van der Waals surface area contributed by atoms with Gasteiger partial charge in [-0.3, -0.25) is 24.5 Å². The Balaban J connectivity index is 0. The molecule has 0 aromatic rings. The van der Waals surface area contributed by atoms with Crippen LogP contribution in [-0.4, -0.2) is 34.5 Å². The number of carboxylic acid groups (broad SMARTS) is 2. The molecule has 0 spiro atoms. The Morgan fingerprint density at radius 2 is 1.53 bits per heavy atom. The molecule has 7 heteroatoms. The number of nitrogens with one attached hydrogen (secondary N) is 1. The van der Waals surface area contributed by atoms with E-state index >= 15 is 0 Å². The molecular formula is C10H17NO6. The van der Waals surface area contributed by atoms with Gasteiger partial charge in [0.25, 0.3) is 0 Å². The molecule has 0 bridgehead atoms. The molecule has 0 rings (SSSR count). The summed E-state index contributed by atoms with van der Waals surface area (Å²) >= 11 is 0. The highest BCUT2D eigenvalue weighted by Gasteiger charge is 1.99. The molecule has 0 radical (unpaired) electrons. The van der Waals surface area contributed by atoms with Crippen molar-refractivity contribution < 1.29 is 29.4 Å². The lowest BCUT2D eigenvalue weighted by Gasteiger charge is -1.90. The maximum absolute atomic E-state index is 10.3. The van der Waals surface area contributed by atoms with E-state index in [4.69, 9.17) is 10.2 Å². The summed E-state index contributed by atoms with van der Waals surface area (Å²) in [6, 6.07) is 0. The molecule has 17 heavy (non-hydrogen) atoms. The smallest absolute Gasteiger partial charge is 0.303 e. The molecule has 0 aromatic heterocycles. The maximum Gasteiger partial charge on any atom is 0.303 e. The summed E-state index contributed by atoms with van der Waals surface area (Å²) in [5.41, 5.74) is 0. The number of hydrogen-bond donors (Lipinski definition) is 3. The van der Waals surface area contributed by atoms with Crippen molar-refractivity contribution in [1.82, 2.24) is 5.32 Å². The average Bonchev–Trinajstić information content (AvgIpc) is 2.18. The molecule has 2 amide bonds. The lowest BCUT2D eigenvalue weighted by atomic mass is 10.2. The van der Waals surface area contributed by atoms with Gasteiger partial charge >= 0.3 is 11.9 Å². The lowest BCUT2D eigenvalue weighted by molar-refractivity contribution is -0.138. The second-order valence-corrected chi connectivity index (χ2v) is 3.08. The molecule has 0 unspecified atom stereocenters. The molecule has 0 aliphatic heterocycles. The standard InChI is InChI=1S/C5H9NO2.C5H8O4/c1-2-3-5(8)6-4-7;6-4(7)2-1-3-5(8)9/h4H,2-3H2,1H3,(H,6,7,8);1-3H2,(H,6,7)(H,8,9). The van der Waals surface area contributed by atoms with Gasteiger partial charge in [0, 0.05) is 19.3 Å². The molecule has 3 N–H and O–H groups in total. The number of rotatable bonds is 7. The van der Waals surface area contributed by atoms with Gasteiger partial charge in [0.2, 0.25) is 12.3 Å². The fourth-order valence-electron chi connectivity index (χ4n) is 0.756. The van der Waals surface area contributed by atoms with Crippen LogP contribution in [-0.2, 0) is 19.2 Å². The molecule has 0 heterocycles. The third kappa shape index (κ3) is 20.2. The molecular weight excluding hydrogens is 230 g/mol. The third-order valence-electron chi connectivity index (χ3n) is 1.48. The second kappa shape index (κ2) is 12.2. The maximum atomic E-state index is 10.3. The zero-order valence-electron chi connectivity index (χ0n) is 9.64. The van der Waals surface area contributed by atoms with Gasteiger partial charge in [-0.1, -0.05) is 6.92 Å². The Bertz CT molecular complexity index is 250. The van der Waals surface area contributed by atoms with Crippen molar-refractivity contribution in [3.05, 3.63) is 0 Å². The summed E-state index contributed by atoms with van der Waals surface area (Å²) in [7, 11) is 0. The fourth-order valence-corrected chi connectivity index (χ4v) is 0.756. The minimum atomic E-state index is -0.948. The summed E-state index contributed by atoms with van der Waals surface area (Å²) in [6.07, 6.45) is 1.69. The van der Waals surface area contributed by atoms with Crippen LogP contribution in [0.3, 0.4) is 0 Å². The zero-order valence-corrected chi connectivity index (χ0v) is 9.64. The number of hydrogen-bond acceptors (Lipinski definition) is 4. The Morgan fingerprint density at radius 3 is 1.82 bits per heavy atom. The third-order valence-corrected chi connectivity index (χ3v) is 1.48. The van der Waals surface area contributed by atoms with E-state index in [2.05, 4.69) is 0 Å². The molecule has 0 atom stereocenters. The van der Waals surface area contributed by atoms with E-state index in [1.165, 1.54) is 0 Å². The van der Waals surface area contributed by atoms with E-state index in [-0.39, 0.29) is 25.2 Å². The van der Waals surface area contributed by atoms with Gasteiger partial charge in [0.05, 0.1) is 0 Å². The van der Waals surface area contributed by atoms with E-state index in [1.54, 1.807) is 0 Å². The van der Waals surface area contributed by atoms with Gasteiger partial charge in [0.1, 0.15) is 0 Å². The summed E-state index contributed by atoms with van der Waals surface area (Å²) in [5.74, 6) is -2.10. The van der Waals surface area contributed by atoms with E-state index in [0.29, 0.717) is 12.8 Å². The quantitative estimate of drug-likeness (QED) is 0.559. The molecule has 0 aliphatic carbocycles. The van der Waals surface area contributed by atoms with Crippen LogP contribution in [0.2, 0.25) is 0 Å². The Hall–Kier alpha value is -1.92. The Kier molecular flexibility index (Phi) is 12.5. The molecule has 7 nitrogen and oxygen atoms in total. The van der Waals surface area contributed by atoms with Crippen molar-refractivity contribution in [1.29, 1.82) is 0 Å². The van der Waals surface area contributed by atoms with Gasteiger partial charge in [-0.05, 0) is 12.8 Å². The van der Waals surface area contributed by atoms with Gasteiger partial charge in [-0.25, -0.2) is 0 Å². The highest BCUT2D eigenvalue weighted by molar-refractivity contribution is 5.85. The monoisotopic (exact) mass is 247 g/mol. The molecule has 0 aliphatic rings. The summed E-state index contributed by atoms with van der Waals surface area (Å²) in [6.45, 7) is 1.88. The van der Waals surface area contributed by atoms with E-state index in [9.17, 15) is 19.2 Å². The van der Waals surface area contributed by atoms with E-state index in [1.807, 2.05) is 12.2 Å². The van der Waals surface area contributed by atoms with Crippen molar-refractivity contribution in [3.63, 3.8) is 0 Å². The van der Waals surface area contributed by atoms with Crippen LogP contribution in [0.25, 0.3) is 0 Å². The van der Waals surface area contributed by atoms with Gasteiger partial charge in [-0.15, -0.1) is 0 Å². The van der Waals surface area contributed by atoms with Crippen molar-refractivity contribution >= 4 is 24.3 Å². The van der Waals surface area contributed by atoms with Crippen LogP contribution in [0.4, 0.5) is 0 Å². The number of carbonyl (C=O) groups is 4. The van der Waals surface area contributed by atoms with Crippen LogP contribution < -0.4 is 5.32 Å². The predicted octanol–water partition coefficient (Wildman–Crippen LogP) is 0.385. The molecule has 0 saturated carbocycles. The minimum absolute atomic E-state index is 0.0632. The molecule has 0 aromatic carbocycles. The first-order valence-corrected chi connectivity index (χ1v) is 5.10. The van der Waals surface area contributed by atoms with Crippen LogP contribution in [0.15, 0.2) is 0 Å². The second-order valence-electron chi connectivity index (χ2n) is 3.08. The Labute approximate surface area is 98.8 Å². The van der Waals surface area contributed by atoms with Crippen molar-refractivity contribution in [2.75, 3.05) is 0 Å². The van der Waals surface area contributed by atoms with Gasteiger partial charge in [-0.2, -0.15) is 0 Å². The highest BCUT2D eigenvalue weighted by atomic mass is 16.4. The van der Waals surface area contributed by atoms with Crippen LogP contribution in [0.5, 0.6) is 0 Å². The van der Waals surface area contributed by atoms with Crippen molar-refractivity contribution in [3.8, 4) is 0 Å². The number of carboxylic acids is 2. The number of imide groups is 1. The lowest BCUT2D eigenvalue weighted by Crippen LogP contribution is -2.20. The first-order valence-electron chi connectivity index (χ1n) is 5.10. The molecule has 0 fully saturated rings. The topological polar surface area (TPSA) is 121 Å². The summed E-state index contributed by atoms with van der Waals surface area (Å²) in [4.78, 5) is 39.4. The fraction of sp³-hybridized carbons (Fsp3) is 0.600. The number of aliphatic carboxylic acids is 2. The van der Waals surface area contributed by atoms with Crippen LogP contribution in [0.1, 0.15) is 39.0 Å². The van der Waals surface area contributed by atoms with Crippen LogP contribution >= 0.6 is 0 Å². The number of amides is 2. The minimum Gasteiger partial charge on any atom is -0.481 e. The van der Waals surface area contributed by atoms with E-state index < -0.39 is 11.9 Å². The van der Waals surface area contributed by atoms with E-state index in [0.717, 1.165) is 6.42 Å². The summed E-state index contributed by atoms with van der Waals surface area (Å²) < 4.78 is 0. The SMILES string of the molecule is CCCC(=O)NC=O.O=C(O)CCCC(=O)O. The highest BCUT2D eigenvalue weighted by Crippen LogP contribution is 1.93. The predicted molar refractivity (Wildman–Crippen MR) is 58.2 cm³/mol. The largest absolute Gasteiger partial charge is 0.481 e. The first kappa shape index (κ1) is 17.5. The first-order chi connectivity index (χ1) is 7.93. The molecule has 0 saturated heterocycles. The number of carbonyl (C=O) groups excluding carboxylic acids is 2. The molecule has 98 valence electrons. The Morgan fingerprint density at radius 1 is 1.06 bits per heavy atom. The zero-order chi connectivity index (χ0) is 13.7. The van der Waals surface area contributed by atoms with Crippen molar-refractivity contribution in [2.45, 2.75) is 39.0 Å². The normalized spacial score (nSPS) is 8.53. The summed E-state index contributed by atoms with van der Waals surface area (Å²) in [5, 5.41) is 18.1. The van der Waals surface area contributed by atoms with Crippen LogP contribution in [0, 0.1) is 0 Å². The van der Waals surface area contributed by atoms with Gasteiger partial charge in [0.15, 0.2) is 0 Å². The van der Waals surface area contributed by atoms with Gasteiger partial charge < -0.3 is 10.2 Å². The van der Waals surface area contributed by atoms with Crippen molar-refractivity contribution in [2.24, 2.45) is 0 Å².